The smallest absolute Gasteiger partial charge is 0.339 e. The molecule has 144 valence electrons. The zero-order valence-corrected chi connectivity index (χ0v) is 15.1. The van der Waals surface area contributed by atoms with E-state index in [1.807, 2.05) is 36.4 Å². The van der Waals surface area contributed by atoms with E-state index in [2.05, 4.69) is 4.99 Å². The van der Waals surface area contributed by atoms with E-state index in [-0.39, 0.29) is 13.0 Å². The lowest BCUT2D eigenvalue weighted by molar-refractivity contribution is -0.152. The van der Waals surface area contributed by atoms with Crippen molar-refractivity contribution in [2.24, 2.45) is 4.99 Å². The number of esters is 1. The van der Waals surface area contributed by atoms with Gasteiger partial charge in [-0.2, -0.15) is 0 Å². The number of hydrogen-bond donors (Lipinski definition) is 2. The maximum absolute atomic E-state index is 13.1. The van der Waals surface area contributed by atoms with E-state index in [4.69, 9.17) is 4.74 Å². The summed E-state index contributed by atoms with van der Waals surface area (Å²) in [4.78, 5) is 28.7. The molecular weight excluding hydrogens is 358 g/mol. The molecular formula is C22H21NO5. The van der Waals surface area contributed by atoms with Crippen molar-refractivity contribution in [1.29, 1.82) is 0 Å². The van der Waals surface area contributed by atoms with Gasteiger partial charge in [0.25, 0.3) is 0 Å². The largest absolute Gasteiger partial charge is 0.479 e. The molecule has 0 radical (unpaired) electrons. The molecule has 3 unspecified atom stereocenters. The highest BCUT2D eigenvalue weighted by Crippen LogP contribution is 2.39. The second-order valence-corrected chi connectivity index (χ2v) is 6.58. The summed E-state index contributed by atoms with van der Waals surface area (Å²) in [6.45, 7) is 0.0772. The highest BCUT2D eigenvalue weighted by atomic mass is 16.5. The third kappa shape index (κ3) is 4.18. The van der Waals surface area contributed by atoms with Crippen molar-refractivity contribution in [1.82, 2.24) is 0 Å². The number of allylic oxidation sites excluding steroid dienone is 1. The first-order valence-electron chi connectivity index (χ1n) is 8.93. The van der Waals surface area contributed by atoms with Gasteiger partial charge in [-0.15, -0.1) is 0 Å². The molecule has 28 heavy (non-hydrogen) atoms. The van der Waals surface area contributed by atoms with Crippen molar-refractivity contribution in [3.63, 3.8) is 0 Å². The first-order valence-corrected chi connectivity index (χ1v) is 8.93. The monoisotopic (exact) mass is 379 g/mol. The van der Waals surface area contributed by atoms with Crippen LogP contribution in [0.25, 0.3) is 0 Å². The Balaban J connectivity index is 1.91. The second-order valence-electron chi connectivity index (χ2n) is 6.58. The number of aliphatic carboxylic acids is 1. The SMILES string of the molecule is O=C(O)C(O)CC(c1ccccc1)C1(C(=O)OCc2ccccc2)C=CC=N1. The van der Waals surface area contributed by atoms with Gasteiger partial charge in [-0.05, 0) is 29.7 Å². The van der Waals surface area contributed by atoms with Crippen LogP contribution in [0.5, 0.6) is 0 Å². The van der Waals surface area contributed by atoms with E-state index in [1.54, 1.807) is 36.4 Å². The highest BCUT2D eigenvalue weighted by molar-refractivity contribution is 5.92. The number of rotatable bonds is 8. The zero-order valence-electron chi connectivity index (χ0n) is 15.1. The van der Waals surface area contributed by atoms with E-state index in [9.17, 15) is 19.8 Å². The van der Waals surface area contributed by atoms with Gasteiger partial charge in [-0.25, -0.2) is 9.59 Å². The van der Waals surface area contributed by atoms with E-state index in [1.165, 1.54) is 6.21 Å². The van der Waals surface area contributed by atoms with Gasteiger partial charge in [0, 0.05) is 12.1 Å². The normalized spacial score (nSPS) is 19.9. The summed E-state index contributed by atoms with van der Waals surface area (Å²) >= 11 is 0. The van der Waals surface area contributed by atoms with Gasteiger partial charge < -0.3 is 14.9 Å². The fourth-order valence-corrected chi connectivity index (χ4v) is 3.29. The molecule has 2 aromatic rings. The summed E-state index contributed by atoms with van der Waals surface area (Å²) in [6.07, 6.45) is 2.92. The number of carboxylic acids is 1. The third-order valence-electron chi connectivity index (χ3n) is 4.74. The van der Waals surface area contributed by atoms with Crippen LogP contribution in [0, 0.1) is 0 Å². The molecule has 1 aliphatic rings. The standard InChI is InChI=1S/C22H21NO5/c24-19(20(25)26)14-18(17-10-5-2-6-11-17)22(12-7-13-23-22)21(27)28-15-16-8-3-1-4-9-16/h1-13,18-19,24H,14-15H2,(H,25,26). The number of carboxylic acid groups (broad SMARTS) is 1. The van der Waals surface area contributed by atoms with Crippen molar-refractivity contribution in [3.8, 4) is 0 Å². The number of nitrogens with zero attached hydrogens (tertiary/aromatic N) is 1. The van der Waals surface area contributed by atoms with Crippen LogP contribution in [0.1, 0.15) is 23.5 Å². The van der Waals surface area contributed by atoms with E-state index in [0.29, 0.717) is 5.56 Å². The van der Waals surface area contributed by atoms with Gasteiger partial charge >= 0.3 is 11.9 Å². The van der Waals surface area contributed by atoms with Crippen molar-refractivity contribution in [2.75, 3.05) is 0 Å². The number of aliphatic hydroxyl groups excluding tert-OH is 1. The molecule has 0 amide bonds. The molecule has 0 aliphatic carbocycles. The molecule has 0 saturated heterocycles. The van der Waals surface area contributed by atoms with Crippen LogP contribution < -0.4 is 0 Å². The van der Waals surface area contributed by atoms with Gasteiger partial charge in [-0.3, -0.25) is 4.99 Å². The average molecular weight is 379 g/mol. The molecule has 1 aliphatic heterocycles. The molecule has 3 atom stereocenters. The summed E-state index contributed by atoms with van der Waals surface area (Å²) in [7, 11) is 0. The maximum Gasteiger partial charge on any atom is 0.339 e. The molecule has 0 bridgehead atoms. The predicted octanol–water partition coefficient (Wildman–Crippen LogP) is 2.73. The van der Waals surface area contributed by atoms with Crippen molar-refractivity contribution >= 4 is 18.2 Å². The van der Waals surface area contributed by atoms with Crippen LogP contribution in [-0.2, 0) is 20.9 Å². The number of aliphatic imine (C=N–C) groups is 1. The molecule has 3 rings (SSSR count). The van der Waals surface area contributed by atoms with Crippen molar-refractivity contribution in [2.45, 2.75) is 30.6 Å². The maximum atomic E-state index is 13.1. The Hall–Kier alpha value is -3.25. The highest BCUT2D eigenvalue weighted by Gasteiger charge is 2.48. The predicted molar refractivity (Wildman–Crippen MR) is 104 cm³/mol. The number of carbonyl (C=O) groups excluding carboxylic acids is 1. The first-order chi connectivity index (χ1) is 13.5. The lowest BCUT2D eigenvalue weighted by Crippen LogP contribution is -2.43. The van der Waals surface area contributed by atoms with Gasteiger partial charge in [0.2, 0.25) is 0 Å². The molecule has 0 saturated carbocycles. The van der Waals surface area contributed by atoms with Crippen molar-refractivity contribution < 1.29 is 24.5 Å². The molecule has 6 nitrogen and oxygen atoms in total. The van der Waals surface area contributed by atoms with Crippen LogP contribution in [-0.4, -0.2) is 40.0 Å². The fraction of sp³-hybridized carbons (Fsp3) is 0.227. The summed E-state index contributed by atoms with van der Waals surface area (Å²) < 4.78 is 5.53. The third-order valence-corrected chi connectivity index (χ3v) is 4.74. The van der Waals surface area contributed by atoms with Crippen LogP contribution in [0.4, 0.5) is 0 Å². The van der Waals surface area contributed by atoms with Gasteiger partial charge in [0.05, 0.1) is 0 Å². The molecule has 2 aromatic carbocycles. The van der Waals surface area contributed by atoms with Crippen molar-refractivity contribution in [3.05, 3.63) is 83.9 Å². The number of aliphatic hydroxyl groups is 1. The number of benzene rings is 2. The second kappa shape index (κ2) is 8.63. The topological polar surface area (TPSA) is 96.2 Å². The molecule has 0 aromatic heterocycles. The Bertz CT molecular complexity index is 864. The Labute approximate surface area is 162 Å². The van der Waals surface area contributed by atoms with Crippen LogP contribution in [0.15, 0.2) is 77.8 Å². The quantitative estimate of drug-likeness (QED) is 0.688. The fourth-order valence-electron chi connectivity index (χ4n) is 3.29. The molecule has 1 heterocycles. The Kier molecular flexibility index (Phi) is 6.01. The Morgan fingerprint density at radius 2 is 1.68 bits per heavy atom. The summed E-state index contributed by atoms with van der Waals surface area (Å²) in [5.41, 5.74) is 0.106. The Morgan fingerprint density at radius 1 is 1.04 bits per heavy atom. The average Bonchev–Trinajstić information content (AvgIpc) is 3.22. The number of ether oxygens (including phenoxy) is 1. The van der Waals surface area contributed by atoms with Gasteiger partial charge in [0.15, 0.2) is 11.6 Å². The molecule has 0 spiro atoms. The summed E-state index contributed by atoms with van der Waals surface area (Å²) in [5.74, 6) is -2.63. The molecule has 0 fully saturated rings. The minimum Gasteiger partial charge on any atom is -0.479 e. The van der Waals surface area contributed by atoms with Gasteiger partial charge in [0.1, 0.15) is 6.61 Å². The van der Waals surface area contributed by atoms with Crippen LogP contribution in [0.3, 0.4) is 0 Å². The minimum atomic E-state index is -1.63. The van der Waals surface area contributed by atoms with E-state index < -0.39 is 29.5 Å². The number of hydrogen-bond acceptors (Lipinski definition) is 5. The molecule has 2 N–H and O–H groups in total. The first kappa shape index (κ1) is 19.5. The minimum absolute atomic E-state index is 0.0772. The van der Waals surface area contributed by atoms with E-state index >= 15 is 0 Å². The lowest BCUT2D eigenvalue weighted by Gasteiger charge is -2.32. The Morgan fingerprint density at radius 3 is 2.25 bits per heavy atom. The van der Waals surface area contributed by atoms with E-state index in [0.717, 1.165) is 5.56 Å². The zero-order chi connectivity index (χ0) is 20.0. The van der Waals surface area contributed by atoms with Gasteiger partial charge in [-0.1, -0.05) is 60.7 Å². The summed E-state index contributed by atoms with van der Waals surface area (Å²) in [5, 5.41) is 19.2. The van der Waals surface area contributed by atoms with Crippen LogP contribution >= 0.6 is 0 Å². The number of carbonyl (C=O) groups is 2. The molecule has 6 heteroatoms. The summed E-state index contributed by atoms with van der Waals surface area (Å²) in [6, 6.07) is 18.2. The lowest BCUT2D eigenvalue weighted by atomic mass is 9.76. The van der Waals surface area contributed by atoms with Crippen LogP contribution in [0.2, 0.25) is 0 Å².